The zero-order valence-corrected chi connectivity index (χ0v) is 14.8. The molecule has 25 heavy (non-hydrogen) atoms. The van der Waals surface area contributed by atoms with Gasteiger partial charge in [-0.25, -0.2) is 9.67 Å². The standard InChI is InChI=1S/C18H25N5O2/c1-14(23-13-19-12-21-23)18(24)20-11-17(22-8-3-4-9-22)15-6-5-7-16(10-15)25-2/h5-7,10,12-14,17H,3-4,8-9,11H2,1-2H3,(H,20,24). The van der Waals surface area contributed by atoms with Crippen LogP contribution in [0.1, 0.15) is 37.4 Å². The molecular weight excluding hydrogens is 318 g/mol. The Morgan fingerprint density at radius 2 is 2.16 bits per heavy atom. The van der Waals surface area contributed by atoms with Crippen LogP contribution in [0.2, 0.25) is 0 Å². The summed E-state index contributed by atoms with van der Waals surface area (Å²) < 4.78 is 6.92. The van der Waals surface area contributed by atoms with Gasteiger partial charge >= 0.3 is 0 Å². The smallest absolute Gasteiger partial charge is 0.244 e. The summed E-state index contributed by atoms with van der Waals surface area (Å²) in [6.45, 7) is 4.48. The van der Waals surface area contributed by atoms with Gasteiger partial charge in [0.1, 0.15) is 24.4 Å². The summed E-state index contributed by atoms with van der Waals surface area (Å²) in [6.07, 6.45) is 5.39. The van der Waals surface area contributed by atoms with Crippen molar-refractivity contribution in [3.8, 4) is 5.75 Å². The second-order valence-electron chi connectivity index (χ2n) is 6.33. The molecular formula is C18H25N5O2. The van der Waals surface area contributed by atoms with Gasteiger partial charge in [-0.05, 0) is 50.6 Å². The highest BCUT2D eigenvalue weighted by Gasteiger charge is 2.25. The number of aromatic nitrogens is 3. The van der Waals surface area contributed by atoms with Gasteiger partial charge in [-0.1, -0.05) is 12.1 Å². The van der Waals surface area contributed by atoms with Crippen LogP contribution >= 0.6 is 0 Å². The Morgan fingerprint density at radius 3 is 2.84 bits per heavy atom. The third-order valence-corrected chi connectivity index (χ3v) is 4.74. The number of methoxy groups -OCH3 is 1. The molecule has 2 unspecified atom stereocenters. The predicted molar refractivity (Wildman–Crippen MR) is 94.3 cm³/mol. The molecule has 0 aliphatic carbocycles. The molecule has 2 heterocycles. The second kappa shape index (κ2) is 8.11. The third-order valence-electron chi connectivity index (χ3n) is 4.74. The van der Waals surface area contributed by atoms with Crippen LogP contribution in [0.5, 0.6) is 5.75 Å². The normalized spacial score (nSPS) is 17.2. The van der Waals surface area contributed by atoms with Crippen molar-refractivity contribution in [2.75, 3.05) is 26.7 Å². The van der Waals surface area contributed by atoms with Crippen molar-refractivity contribution in [3.05, 3.63) is 42.5 Å². The summed E-state index contributed by atoms with van der Waals surface area (Å²) in [4.78, 5) is 18.8. The first-order valence-electron chi connectivity index (χ1n) is 8.69. The van der Waals surface area contributed by atoms with E-state index in [-0.39, 0.29) is 18.0 Å². The first kappa shape index (κ1) is 17.4. The van der Waals surface area contributed by atoms with Crippen LogP contribution in [-0.2, 0) is 4.79 Å². The van der Waals surface area contributed by atoms with Gasteiger partial charge in [0.2, 0.25) is 5.91 Å². The molecule has 3 rings (SSSR count). The Bertz CT molecular complexity index is 683. The average Bonchev–Trinajstić information content (AvgIpc) is 3.35. The Kier molecular flexibility index (Phi) is 5.65. The number of benzene rings is 1. The summed E-state index contributed by atoms with van der Waals surface area (Å²) >= 11 is 0. The number of nitrogens with one attached hydrogen (secondary N) is 1. The fourth-order valence-corrected chi connectivity index (χ4v) is 3.24. The highest BCUT2D eigenvalue weighted by molar-refractivity contribution is 5.79. The number of hydrogen-bond acceptors (Lipinski definition) is 5. The van der Waals surface area contributed by atoms with E-state index in [1.54, 1.807) is 18.1 Å². The van der Waals surface area contributed by atoms with Gasteiger partial charge in [0.05, 0.1) is 13.2 Å². The highest BCUT2D eigenvalue weighted by atomic mass is 16.5. The van der Waals surface area contributed by atoms with Gasteiger partial charge in [0, 0.05) is 6.54 Å². The van der Waals surface area contributed by atoms with Crippen LogP contribution in [0.3, 0.4) is 0 Å². The Labute approximate surface area is 148 Å². The van der Waals surface area contributed by atoms with Crippen LogP contribution < -0.4 is 10.1 Å². The molecule has 1 fully saturated rings. The van der Waals surface area contributed by atoms with E-state index in [1.165, 1.54) is 19.2 Å². The minimum Gasteiger partial charge on any atom is -0.497 e. The van der Waals surface area contributed by atoms with Crippen molar-refractivity contribution >= 4 is 5.91 Å². The number of likely N-dealkylation sites (tertiary alicyclic amines) is 1. The first-order chi connectivity index (χ1) is 12.2. The lowest BCUT2D eigenvalue weighted by molar-refractivity contribution is -0.124. The lowest BCUT2D eigenvalue weighted by Crippen LogP contribution is -2.39. The number of nitrogens with zero attached hydrogens (tertiary/aromatic N) is 4. The van der Waals surface area contributed by atoms with Gasteiger partial charge in [0.25, 0.3) is 0 Å². The topological polar surface area (TPSA) is 72.3 Å². The van der Waals surface area contributed by atoms with E-state index < -0.39 is 0 Å². The van der Waals surface area contributed by atoms with Gasteiger partial charge in [0.15, 0.2) is 0 Å². The minimum absolute atomic E-state index is 0.0578. The molecule has 1 aromatic carbocycles. The SMILES string of the molecule is COc1cccc(C(CNC(=O)C(C)n2cncn2)N2CCCC2)c1. The molecule has 1 aromatic heterocycles. The number of rotatable bonds is 7. The Morgan fingerprint density at radius 1 is 1.36 bits per heavy atom. The summed E-state index contributed by atoms with van der Waals surface area (Å²) in [5.41, 5.74) is 1.16. The molecule has 1 aliphatic rings. The molecule has 7 nitrogen and oxygen atoms in total. The summed E-state index contributed by atoms with van der Waals surface area (Å²) in [5.74, 6) is 0.779. The zero-order chi connectivity index (χ0) is 17.6. The van der Waals surface area contributed by atoms with Crippen LogP contribution in [0, 0.1) is 0 Å². The second-order valence-corrected chi connectivity index (χ2v) is 6.33. The van der Waals surface area contributed by atoms with Gasteiger partial charge in [-0.2, -0.15) is 5.10 Å². The molecule has 1 aliphatic heterocycles. The van der Waals surface area contributed by atoms with Crippen molar-refractivity contribution in [3.63, 3.8) is 0 Å². The number of amides is 1. The minimum atomic E-state index is -0.382. The van der Waals surface area contributed by atoms with Crippen molar-refractivity contribution in [1.82, 2.24) is 25.0 Å². The maximum Gasteiger partial charge on any atom is 0.244 e. The molecule has 7 heteroatoms. The van der Waals surface area contributed by atoms with Gasteiger partial charge < -0.3 is 10.1 Å². The lowest BCUT2D eigenvalue weighted by atomic mass is 10.0. The largest absolute Gasteiger partial charge is 0.497 e. The first-order valence-corrected chi connectivity index (χ1v) is 8.69. The van der Waals surface area contributed by atoms with E-state index in [0.29, 0.717) is 6.54 Å². The average molecular weight is 343 g/mol. The van der Waals surface area contributed by atoms with E-state index in [1.807, 2.05) is 19.1 Å². The Balaban J connectivity index is 1.70. The maximum absolute atomic E-state index is 12.5. The van der Waals surface area contributed by atoms with E-state index in [4.69, 9.17) is 4.74 Å². The fourth-order valence-electron chi connectivity index (χ4n) is 3.24. The van der Waals surface area contributed by atoms with Crippen molar-refractivity contribution < 1.29 is 9.53 Å². The molecule has 2 atom stereocenters. The Hall–Kier alpha value is -2.41. The maximum atomic E-state index is 12.5. The van der Waals surface area contributed by atoms with Gasteiger partial charge in [-0.3, -0.25) is 9.69 Å². The monoisotopic (exact) mass is 343 g/mol. The highest BCUT2D eigenvalue weighted by Crippen LogP contribution is 2.27. The van der Waals surface area contributed by atoms with Crippen LogP contribution in [0.15, 0.2) is 36.9 Å². The predicted octanol–water partition coefficient (Wildman–Crippen LogP) is 1.80. The molecule has 0 spiro atoms. The number of carbonyl (C=O) groups excluding carboxylic acids is 1. The summed E-state index contributed by atoms with van der Waals surface area (Å²) in [5, 5.41) is 7.11. The molecule has 134 valence electrons. The molecule has 1 amide bonds. The van der Waals surface area contributed by atoms with Crippen molar-refractivity contribution in [2.24, 2.45) is 0 Å². The molecule has 1 saturated heterocycles. The number of hydrogen-bond donors (Lipinski definition) is 1. The van der Waals surface area contributed by atoms with Gasteiger partial charge in [-0.15, -0.1) is 0 Å². The van der Waals surface area contributed by atoms with E-state index in [2.05, 4.69) is 32.4 Å². The molecule has 0 radical (unpaired) electrons. The molecule has 0 bridgehead atoms. The fraction of sp³-hybridized carbons (Fsp3) is 0.500. The molecule has 1 N–H and O–H groups in total. The van der Waals surface area contributed by atoms with E-state index in [9.17, 15) is 4.79 Å². The summed E-state index contributed by atoms with van der Waals surface area (Å²) in [7, 11) is 1.67. The number of ether oxygens (including phenoxy) is 1. The summed E-state index contributed by atoms with van der Waals surface area (Å²) in [6, 6.07) is 7.85. The third kappa shape index (κ3) is 4.17. The van der Waals surface area contributed by atoms with Crippen molar-refractivity contribution in [1.29, 1.82) is 0 Å². The van der Waals surface area contributed by atoms with Crippen LogP contribution in [-0.4, -0.2) is 52.3 Å². The molecule has 0 saturated carbocycles. The zero-order valence-electron chi connectivity index (χ0n) is 14.8. The lowest BCUT2D eigenvalue weighted by Gasteiger charge is -2.29. The molecule has 2 aromatic rings. The quantitative estimate of drug-likeness (QED) is 0.830. The van der Waals surface area contributed by atoms with Crippen LogP contribution in [0.4, 0.5) is 0 Å². The van der Waals surface area contributed by atoms with E-state index in [0.717, 1.165) is 24.4 Å². The van der Waals surface area contributed by atoms with E-state index >= 15 is 0 Å². The van der Waals surface area contributed by atoms with Crippen LogP contribution in [0.25, 0.3) is 0 Å². The van der Waals surface area contributed by atoms with Crippen molar-refractivity contribution in [2.45, 2.75) is 31.8 Å². The number of carbonyl (C=O) groups is 1.